The Hall–Kier alpha value is -3.41. The van der Waals surface area contributed by atoms with E-state index in [2.05, 4.69) is 15.5 Å². The summed E-state index contributed by atoms with van der Waals surface area (Å²) in [6.07, 6.45) is 0. The van der Waals surface area contributed by atoms with Gasteiger partial charge in [0.2, 0.25) is 0 Å². The average molecular weight is 335 g/mol. The first-order chi connectivity index (χ1) is 12.2. The first kappa shape index (κ1) is 15.1. The molecule has 0 saturated heterocycles. The molecule has 0 atom stereocenters. The molecule has 4 aromatic rings. The topological polar surface area (TPSA) is 70.9 Å². The molecule has 0 unspecified atom stereocenters. The van der Waals surface area contributed by atoms with E-state index in [4.69, 9.17) is 4.52 Å². The van der Waals surface area contributed by atoms with Crippen molar-refractivity contribution in [3.05, 3.63) is 77.9 Å². The predicted molar refractivity (Wildman–Crippen MR) is 91.4 cm³/mol. The normalized spacial score (nSPS) is 10.9. The van der Waals surface area contributed by atoms with Crippen LogP contribution in [-0.2, 0) is 6.54 Å². The maximum Gasteiger partial charge on any atom is 0.268 e. The number of para-hydroxylation sites is 1. The Morgan fingerprint density at radius 3 is 2.72 bits per heavy atom. The van der Waals surface area contributed by atoms with E-state index >= 15 is 0 Å². The lowest BCUT2D eigenvalue weighted by Crippen LogP contribution is -2.23. The standard InChI is InChI=1S/C19H14FN3O2/c20-14-7-5-12(6-8-14)18-10-15(23-25-18)11-21-19(24)17-9-13-3-1-2-4-16(13)22-17/h1-10,22H,11H2,(H,21,24). The van der Waals surface area contributed by atoms with E-state index in [1.807, 2.05) is 24.3 Å². The monoisotopic (exact) mass is 335 g/mol. The number of halogens is 1. The Morgan fingerprint density at radius 1 is 1.12 bits per heavy atom. The Kier molecular flexibility index (Phi) is 3.78. The van der Waals surface area contributed by atoms with Crippen LogP contribution in [0.2, 0.25) is 0 Å². The van der Waals surface area contributed by atoms with Crippen LogP contribution in [0.25, 0.3) is 22.2 Å². The number of H-pyrrole nitrogens is 1. The van der Waals surface area contributed by atoms with Crippen LogP contribution in [0.15, 0.2) is 65.2 Å². The van der Waals surface area contributed by atoms with Crippen molar-refractivity contribution in [2.45, 2.75) is 6.54 Å². The highest BCUT2D eigenvalue weighted by Crippen LogP contribution is 2.20. The molecular formula is C19H14FN3O2. The molecule has 0 saturated carbocycles. The molecule has 0 aliphatic heterocycles. The van der Waals surface area contributed by atoms with Gasteiger partial charge in [-0.3, -0.25) is 4.79 Å². The van der Waals surface area contributed by atoms with E-state index < -0.39 is 0 Å². The van der Waals surface area contributed by atoms with Gasteiger partial charge in [0.15, 0.2) is 5.76 Å². The Balaban J connectivity index is 1.44. The van der Waals surface area contributed by atoms with Gasteiger partial charge in [-0.15, -0.1) is 0 Å². The van der Waals surface area contributed by atoms with Crippen LogP contribution >= 0.6 is 0 Å². The van der Waals surface area contributed by atoms with E-state index in [-0.39, 0.29) is 18.3 Å². The summed E-state index contributed by atoms with van der Waals surface area (Å²) in [7, 11) is 0. The van der Waals surface area contributed by atoms with Crippen molar-refractivity contribution >= 4 is 16.8 Å². The lowest BCUT2D eigenvalue weighted by Gasteiger charge is -1.99. The first-order valence-corrected chi connectivity index (χ1v) is 7.76. The number of nitrogens with zero attached hydrogens (tertiary/aromatic N) is 1. The number of hydrogen-bond acceptors (Lipinski definition) is 3. The van der Waals surface area contributed by atoms with Crippen LogP contribution in [0.1, 0.15) is 16.2 Å². The number of amides is 1. The van der Waals surface area contributed by atoms with Crippen molar-refractivity contribution in [2.24, 2.45) is 0 Å². The number of fused-ring (bicyclic) bond motifs is 1. The molecule has 0 radical (unpaired) electrons. The summed E-state index contributed by atoms with van der Waals surface area (Å²) in [5, 5.41) is 7.71. The second-order valence-corrected chi connectivity index (χ2v) is 5.64. The van der Waals surface area contributed by atoms with E-state index in [0.717, 1.165) is 16.5 Å². The van der Waals surface area contributed by atoms with Crippen LogP contribution < -0.4 is 5.32 Å². The molecule has 25 heavy (non-hydrogen) atoms. The van der Waals surface area contributed by atoms with Crippen LogP contribution in [0.3, 0.4) is 0 Å². The molecule has 0 fully saturated rings. The van der Waals surface area contributed by atoms with Gasteiger partial charge in [-0.2, -0.15) is 0 Å². The molecule has 1 amide bonds. The number of benzene rings is 2. The molecule has 2 N–H and O–H groups in total. The van der Waals surface area contributed by atoms with Crippen molar-refractivity contribution in [3.63, 3.8) is 0 Å². The number of aromatic amines is 1. The molecule has 124 valence electrons. The zero-order valence-corrected chi connectivity index (χ0v) is 13.1. The van der Waals surface area contributed by atoms with Gasteiger partial charge in [0.05, 0.1) is 6.54 Å². The molecule has 0 aliphatic rings. The molecule has 0 aliphatic carbocycles. The van der Waals surface area contributed by atoms with Gasteiger partial charge in [-0.1, -0.05) is 23.4 Å². The number of rotatable bonds is 4. The third-order valence-corrected chi connectivity index (χ3v) is 3.89. The van der Waals surface area contributed by atoms with E-state index in [1.54, 1.807) is 24.3 Å². The highest BCUT2D eigenvalue weighted by molar-refractivity contribution is 5.97. The van der Waals surface area contributed by atoms with Crippen molar-refractivity contribution in [1.29, 1.82) is 0 Å². The number of carbonyl (C=O) groups excluding carboxylic acids is 1. The van der Waals surface area contributed by atoms with Crippen LogP contribution in [0, 0.1) is 5.82 Å². The summed E-state index contributed by atoms with van der Waals surface area (Å²) >= 11 is 0. The van der Waals surface area contributed by atoms with Crippen molar-refractivity contribution < 1.29 is 13.7 Å². The number of nitrogens with one attached hydrogen (secondary N) is 2. The van der Waals surface area contributed by atoms with Gasteiger partial charge in [0.1, 0.15) is 17.2 Å². The molecule has 2 aromatic heterocycles. The summed E-state index contributed by atoms with van der Waals surface area (Å²) < 4.78 is 18.2. The lowest BCUT2D eigenvalue weighted by molar-refractivity contribution is 0.0946. The van der Waals surface area contributed by atoms with Gasteiger partial charge < -0.3 is 14.8 Å². The van der Waals surface area contributed by atoms with E-state index in [1.165, 1.54) is 12.1 Å². The smallest absolute Gasteiger partial charge is 0.268 e. The summed E-state index contributed by atoms with van der Waals surface area (Å²) in [5.74, 6) is -0.00789. The van der Waals surface area contributed by atoms with Crippen molar-refractivity contribution in [2.75, 3.05) is 0 Å². The van der Waals surface area contributed by atoms with Crippen molar-refractivity contribution in [1.82, 2.24) is 15.5 Å². The van der Waals surface area contributed by atoms with Gasteiger partial charge in [0, 0.05) is 22.5 Å². The predicted octanol–water partition coefficient (Wildman–Crippen LogP) is 3.89. The van der Waals surface area contributed by atoms with Gasteiger partial charge in [-0.05, 0) is 36.4 Å². The van der Waals surface area contributed by atoms with Crippen LogP contribution in [0.4, 0.5) is 4.39 Å². The maximum absolute atomic E-state index is 13.0. The fourth-order valence-electron chi connectivity index (χ4n) is 2.61. The van der Waals surface area contributed by atoms with Crippen molar-refractivity contribution in [3.8, 4) is 11.3 Å². The number of carbonyl (C=O) groups is 1. The summed E-state index contributed by atoms with van der Waals surface area (Å²) in [4.78, 5) is 15.3. The lowest BCUT2D eigenvalue weighted by atomic mass is 10.1. The summed E-state index contributed by atoms with van der Waals surface area (Å²) in [6.45, 7) is 0.235. The van der Waals surface area contributed by atoms with Gasteiger partial charge in [0.25, 0.3) is 5.91 Å². The fourth-order valence-corrected chi connectivity index (χ4v) is 2.61. The molecule has 4 rings (SSSR count). The second-order valence-electron chi connectivity index (χ2n) is 5.64. The third-order valence-electron chi connectivity index (χ3n) is 3.89. The largest absolute Gasteiger partial charge is 0.356 e. The molecular weight excluding hydrogens is 321 g/mol. The SMILES string of the molecule is O=C(NCc1cc(-c2ccc(F)cc2)on1)c1cc2ccccc2[nH]1. The van der Waals surface area contributed by atoms with Crippen LogP contribution in [0.5, 0.6) is 0 Å². The van der Waals surface area contributed by atoms with Gasteiger partial charge >= 0.3 is 0 Å². The summed E-state index contributed by atoms with van der Waals surface area (Å²) in [6, 6.07) is 17.1. The highest BCUT2D eigenvalue weighted by atomic mass is 19.1. The zero-order valence-electron chi connectivity index (χ0n) is 13.1. The van der Waals surface area contributed by atoms with Crippen LogP contribution in [-0.4, -0.2) is 16.0 Å². The first-order valence-electron chi connectivity index (χ1n) is 7.76. The van der Waals surface area contributed by atoms with E-state index in [0.29, 0.717) is 17.1 Å². The fraction of sp³-hybridized carbons (Fsp3) is 0.0526. The Labute approximate surface area is 142 Å². The summed E-state index contributed by atoms with van der Waals surface area (Å²) in [5.41, 5.74) is 2.71. The quantitative estimate of drug-likeness (QED) is 0.594. The molecule has 5 nitrogen and oxygen atoms in total. The van der Waals surface area contributed by atoms with E-state index in [9.17, 15) is 9.18 Å². The minimum absolute atomic E-state index is 0.220. The Bertz CT molecular complexity index is 1000. The third kappa shape index (κ3) is 3.14. The Morgan fingerprint density at radius 2 is 1.92 bits per heavy atom. The average Bonchev–Trinajstić information content (AvgIpc) is 3.27. The molecule has 0 spiro atoms. The minimum Gasteiger partial charge on any atom is -0.356 e. The molecule has 2 aromatic carbocycles. The number of hydrogen-bond donors (Lipinski definition) is 2. The number of aromatic nitrogens is 2. The highest BCUT2D eigenvalue weighted by Gasteiger charge is 2.11. The molecule has 0 bridgehead atoms. The molecule has 2 heterocycles. The zero-order chi connectivity index (χ0) is 17.2. The molecule has 6 heteroatoms. The second kappa shape index (κ2) is 6.24. The maximum atomic E-state index is 13.0. The minimum atomic E-state index is -0.311. The van der Waals surface area contributed by atoms with Gasteiger partial charge in [-0.25, -0.2) is 4.39 Å².